The van der Waals surface area contributed by atoms with Crippen molar-refractivity contribution in [2.24, 2.45) is 0 Å². The van der Waals surface area contributed by atoms with E-state index in [2.05, 4.69) is 15.5 Å². The van der Waals surface area contributed by atoms with Gasteiger partial charge in [0.2, 0.25) is 5.16 Å². The average Bonchev–Trinajstić information content (AvgIpc) is 2.96. The summed E-state index contributed by atoms with van der Waals surface area (Å²) in [6.07, 6.45) is 0. The molecule has 0 aliphatic rings. The van der Waals surface area contributed by atoms with Gasteiger partial charge in [-0.25, -0.2) is 4.39 Å². The molecule has 100 valence electrons. The molecule has 2 aromatic carbocycles. The standard InChI is InChI=1S/C14H11FN4S/c15-13-9-5-4-6-11(13)10-20-14-16-17-18-19(14)12-7-2-1-3-8-12/h1-9H,10H2. The summed E-state index contributed by atoms with van der Waals surface area (Å²) in [6.45, 7) is 0. The Balaban J connectivity index is 1.80. The maximum absolute atomic E-state index is 13.6. The van der Waals surface area contributed by atoms with Crippen LogP contribution >= 0.6 is 11.8 Å². The second kappa shape index (κ2) is 5.83. The van der Waals surface area contributed by atoms with Crippen molar-refractivity contribution in [3.05, 3.63) is 66.0 Å². The smallest absolute Gasteiger partial charge is 0.207 e. The first-order valence-corrected chi connectivity index (χ1v) is 7.03. The lowest BCUT2D eigenvalue weighted by Gasteiger charge is -2.04. The maximum Gasteiger partial charge on any atom is 0.214 e. The van der Waals surface area contributed by atoms with Crippen LogP contribution in [0.3, 0.4) is 0 Å². The van der Waals surface area contributed by atoms with Crippen LogP contribution < -0.4 is 0 Å². The van der Waals surface area contributed by atoms with E-state index < -0.39 is 0 Å². The molecule has 0 bridgehead atoms. The van der Waals surface area contributed by atoms with Gasteiger partial charge in [0.05, 0.1) is 5.69 Å². The molecule has 0 fully saturated rings. The molecule has 0 aliphatic heterocycles. The molecule has 1 aromatic heterocycles. The molecule has 20 heavy (non-hydrogen) atoms. The molecule has 1 heterocycles. The minimum absolute atomic E-state index is 0.210. The molecule has 0 radical (unpaired) electrons. The Bertz CT molecular complexity index is 699. The molecule has 3 aromatic rings. The molecule has 0 saturated heterocycles. The number of para-hydroxylation sites is 1. The SMILES string of the molecule is Fc1ccccc1CSc1nnnn1-c1ccccc1. The number of aromatic nitrogens is 4. The molecule has 0 N–H and O–H groups in total. The van der Waals surface area contributed by atoms with Crippen molar-refractivity contribution in [3.8, 4) is 5.69 Å². The third-order valence-electron chi connectivity index (χ3n) is 2.76. The predicted molar refractivity (Wildman–Crippen MR) is 75.1 cm³/mol. The second-order valence-corrected chi connectivity index (χ2v) is 5.03. The van der Waals surface area contributed by atoms with E-state index >= 15 is 0 Å². The lowest BCUT2D eigenvalue weighted by Crippen LogP contribution is -1.99. The zero-order chi connectivity index (χ0) is 13.8. The van der Waals surface area contributed by atoms with Crippen molar-refractivity contribution in [1.82, 2.24) is 20.2 Å². The summed E-state index contributed by atoms with van der Waals surface area (Å²) in [5.74, 6) is 0.276. The van der Waals surface area contributed by atoms with Crippen LogP contribution in [0.4, 0.5) is 4.39 Å². The Morgan fingerprint density at radius 2 is 1.75 bits per heavy atom. The van der Waals surface area contributed by atoms with E-state index in [1.54, 1.807) is 16.8 Å². The van der Waals surface area contributed by atoms with Crippen LogP contribution in [0.1, 0.15) is 5.56 Å². The molecule has 0 amide bonds. The van der Waals surface area contributed by atoms with Gasteiger partial charge in [-0.1, -0.05) is 48.2 Å². The number of hydrogen-bond donors (Lipinski definition) is 0. The van der Waals surface area contributed by atoms with Crippen molar-refractivity contribution in [2.45, 2.75) is 10.9 Å². The third kappa shape index (κ3) is 2.70. The van der Waals surface area contributed by atoms with Gasteiger partial charge in [-0.05, 0) is 34.2 Å². The van der Waals surface area contributed by atoms with Gasteiger partial charge in [-0.3, -0.25) is 0 Å². The highest BCUT2D eigenvalue weighted by Gasteiger charge is 2.10. The Labute approximate surface area is 119 Å². The predicted octanol–water partition coefficient (Wildman–Crippen LogP) is 3.09. The van der Waals surface area contributed by atoms with E-state index in [1.807, 2.05) is 36.4 Å². The van der Waals surface area contributed by atoms with Crippen LogP contribution in [0.5, 0.6) is 0 Å². The molecule has 0 spiro atoms. The molecule has 6 heteroatoms. The number of rotatable bonds is 4. The van der Waals surface area contributed by atoms with Crippen LogP contribution in [0.2, 0.25) is 0 Å². The summed E-state index contributed by atoms with van der Waals surface area (Å²) in [7, 11) is 0. The topological polar surface area (TPSA) is 43.6 Å². The molecule has 0 unspecified atom stereocenters. The fourth-order valence-electron chi connectivity index (χ4n) is 1.76. The van der Waals surface area contributed by atoms with E-state index in [9.17, 15) is 4.39 Å². The highest BCUT2D eigenvalue weighted by atomic mass is 32.2. The van der Waals surface area contributed by atoms with E-state index in [1.165, 1.54) is 17.8 Å². The summed E-state index contributed by atoms with van der Waals surface area (Å²) in [5, 5.41) is 12.3. The van der Waals surface area contributed by atoms with Crippen molar-refractivity contribution < 1.29 is 4.39 Å². The lowest BCUT2D eigenvalue weighted by molar-refractivity contribution is 0.617. The summed E-state index contributed by atoms with van der Waals surface area (Å²) in [6, 6.07) is 16.3. The fraction of sp³-hybridized carbons (Fsp3) is 0.0714. The van der Waals surface area contributed by atoms with Gasteiger partial charge in [0.1, 0.15) is 5.82 Å². The summed E-state index contributed by atoms with van der Waals surface area (Å²) < 4.78 is 15.2. The van der Waals surface area contributed by atoms with E-state index in [4.69, 9.17) is 0 Å². The molecular weight excluding hydrogens is 275 g/mol. The number of thioether (sulfide) groups is 1. The van der Waals surface area contributed by atoms with Crippen LogP contribution in [-0.2, 0) is 5.75 Å². The fourth-order valence-corrected chi connectivity index (χ4v) is 2.64. The monoisotopic (exact) mass is 286 g/mol. The van der Waals surface area contributed by atoms with Gasteiger partial charge in [-0.2, -0.15) is 4.68 Å². The summed E-state index contributed by atoms with van der Waals surface area (Å²) >= 11 is 1.40. The second-order valence-electron chi connectivity index (χ2n) is 4.09. The van der Waals surface area contributed by atoms with Gasteiger partial charge in [0.15, 0.2) is 0 Å². The Kier molecular flexibility index (Phi) is 3.73. The van der Waals surface area contributed by atoms with Crippen molar-refractivity contribution in [3.63, 3.8) is 0 Å². The number of hydrogen-bond acceptors (Lipinski definition) is 4. The van der Waals surface area contributed by atoms with Crippen LogP contribution in [0.15, 0.2) is 59.8 Å². The average molecular weight is 286 g/mol. The molecule has 4 nitrogen and oxygen atoms in total. The van der Waals surface area contributed by atoms with Gasteiger partial charge in [-0.15, -0.1) is 5.10 Å². The molecule has 3 rings (SSSR count). The van der Waals surface area contributed by atoms with Crippen LogP contribution in [0, 0.1) is 5.82 Å². The quantitative estimate of drug-likeness (QED) is 0.691. The van der Waals surface area contributed by atoms with Crippen molar-refractivity contribution >= 4 is 11.8 Å². The Morgan fingerprint density at radius 1 is 1.00 bits per heavy atom. The number of tetrazole rings is 1. The molecule has 0 aliphatic carbocycles. The highest BCUT2D eigenvalue weighted by Crippen LogP contribution is 2.23. The van der Waals surface area contributed by atoms with E-state index in [-0.39, 0.29) is 5.82 Å². The summed E-state index contributed by atoms with van der Waals surface area (Å²) in [5.41, 5.74) is 1.52. The largest absolute Gasteiger partial charge is 0.214 e. The molecular formula is C14H11FN4S. The minimum Gasteiger partial charge on any atom is -0.207 e. The first-order chi connectivity index (χ1) is 9.84. The lowest BCUT2D eigenvalue weighted by atomic mass is 10.2. The third-order valence-corrected chi connectivity index (χ3v) is 3.72. The zero-order valence-electron chi connectivity index (χ0n) is 10.5. The number of benzene rings is 2. The minimum atomic E-state index is -0.210. The first kappa shape index (κ1) is 12.8. The zero-order valence-corrected chi connectivity index (χ0v) is 11.3. The van der Waals surface area contributed by atoms with E-state index in [0.717, 1.165) is 5.69 Å². The van der Waals surface area contributed by atoms with Crippen molar-refractivity contribution in [1.29, 1.82) is 0 Å². The highest BCUT2D eigenvalue weighted by molar-refractivity contribution is 7.98. The normalized spacial score (nSPS) is 10.7. The number of halogens is 1. The van der Waals surface area contributed by atoms with Crippen molar-refractivity contribution in [2.75, 3.05) is 0 Å². The van der Waals surface area contributed by atoms with Gasteiger partial charge < -0.3 is 0 Å². The Morgan fingerprint density at radius 3 is 2.55 bits per heavy atom. The summed E-state index contributed by atoms with van der Waals surface area (Å²) in [4.78, 5) is 0. The van der Waals surface area contributed by atoms with Gasteiger partial charge >= 0.3 is 0 Å². The molecule has 0 atom stereocenters. The van der Waals surface area contributed by atoms with Gasteiger partial charge in [0.25, 0.3) is 0 Å². The first-order valence-electron chi connectivity index (χ1n) is 6.04. The Hall–Kier alpha value is -2.21. The maximum atomic E-state index is 13.6. The van der Waals surface area contributed by atoms with Gasteiger partial charge in [0, 0.05) is 5.75 Å². The van der Waals surface area contributed by atoms with E-state index in [0.29, 0.717) is 16.5 Å². The van der Waals surface area contributed by atoms with Crippen LogP contribution in [0.25, 0.3) is 5.69 Å². The number of nitrogens with zero attached hydrogens (tertiary/aromatic N) is 4. The van der Waals surface area contributed by atoms with Crippen LogP contribution in [-0.4, -0.2) is 20.2 Å². The molecule has 0 saturated carbocycles.